The van der Waals surface area contributed by atoms with Gasteiger partial charge in [0.25, 0.3) is 5.91 Å². The Morgan fingerprint density at radius 2 is 2.00 bits per heavy atom. The number of nitrogens with zero attached hydrogens (tertiary/aromatic N) is 1. The summed E-state index contributed by atoms with van der Waals surface area (Å²) in [6, 6.07) is 4.53. The Bertz CT molecular complexity index is 725. The Morgan fingerprint density at radius 1 is 1.30 bits per heavy atom. The van der Waals surface area contributed by atoms with Gasteiger partial charge in [-0.15, -0.1) is 0 Å². The highest BCUT2D eigenvalue weighted by molar-refractivity contribution is 6.07. The fourth-order valence-corrected chi connectivity index (χ4v) is 3.58. The fraction of sp³-hybridized carbons (Fsp3) is 0.526. The Kier molecular flexibility index (Phi) is 4.44. The minimum atomic E-state index is -0.0190. The van der Waals surface area contributed by atoms with Crippen LogP contribution in [0.5, 0.6) is 0 Å². The van der Waals surface area contributed by atoms with Crippen LogP contribution in [0.4, 0.5) is 0 Å². The monoisotopic (exact) mass is 314 g/mol. The summed E-state index contributed by atoms with van der Waals surface area (Å²) >= 11 is 0. The lowest BCUT2D eigenvalue weighted by atomic mass is 9.86. The Hall–Kier alpha value is -1.81. The molecule has 1 amide bonds. The third-order valence-electron chi connectivity index (χ3n) is 4.93. The number of fused-ring (bicyclic) bond motifs is 1. The lowest BCUT2D eigenvalue weighted by Crippen LogP contribution is -2.17. The van der Waals surface area contributed by atoms with E-state index in [2.05, 4.69) is 35.9 Å². The molecular formula is C19H26N2O2. The predicted octanol–water partition coefficient (Wildman–Crippen LogP) is 3.56. The molecule has 0 bridgehead atoms. The van der Waals surface area contributed by atoms with Gasteiger partial charge in [0.05, 0.1) is 11.1 Å². The summed E-state index contributed by atoms with van der Waals surface area (Å²) in [5.74, 6) is 0.932. The van der Waals surface area contributed by atoms with E-state index in [9.17, 15) is 4.79 Å². The van der Waals surface area contributed by atoms with Crippen LogP contribution >= 0.6 is 0 Å². The van der Waals surface area contributed by atoms with E-state index in [1.54, 1.807) is 7.05 Å². The highest BCUT2D eigenvalue weighted by Crippen LogP contribution is 2.36. The summed E-state index contributed by atoms with van der Waals surface area (Å²) in [4.78, 5) is 12.3. The molecule has 1 aliphatic rings. The molecule has 4 nitrogen and oxygen atoms in total. The predicted molar refractivity (Wildman–Crippen MR) is 93.2 cm³/mol. The lowest BCUT2D eigenvalue weighted by molar-refractivity contribution is 0.0855. The number of aryl methyl sites for hydroxylation is 1. The molecule has 23 heavy (non-hydrogen) atoms. The Balaban J connectivity index is 2.24. The molecule has 1 aromatic carbocycles. The van der Waals surface area contributed by atoms with Gasteiger partial charge in [-0.3, -0.25) is 4.79 Å². The Labute approximate surface area is 137 Å². The van der Waals surface area contributed by atoms with Gasteiger partial charge in [0.15, 0.2) is 0 Å². The molecule has 1 aliphatic heterocycles. The molecule has 124 valence electrons. The van der Waals surface area contributed by atoms with Gasteiger partial charge in [-0.05, 0) is 41.9 Å². The largest absolute Gasteiger partial charge is 0.381 e. The first kappa shape index (κ1) is 16.1. The molecule has 0 radical (unpaired) electrons. The third kappa shape index (κ3) is 2.88. The molecule has 1 fully saturated rings. The van der Waals surface area contributed by atoms with E-state index in [1.165, 1.54) is 16.6 Å². The molecular weight excluding hydrogens is 288 g/mol. The maximum absolute atomic E-state index is 12.3. The lowest BCUT2D eigenvalue weighted by Gasteiger charge is -2.24. The van der Waals surface area contributed by atoms with E-state index < -0.39 is 0 Å². The van der Waals surface area contributed by atoms with E-state index >= 15 is 0 Å². The molecule has 4 heteroatoms. The smallest absolute Gasteiger partial charge is 0.253 e. The van der Waals surface area contributed by atoms with Crippen LogP contribution < -0.4 is 5.32 Å². The van der Waals surface area contributed by atoms with Crippen LogP contribution in [-0.4, -0.2) is 30.7 Å². The van der Waals surface area contributed by atoms with Gasteiger partial charge in [0, 0.05) is 38.9 Å². The second-order valence-electron chi connectivity index (χ2n) is 6.78. The molecule has 1 aromatic heterocycles. The van der Waals surface area contributed by atoms with Gasteiger partial charge in [-0.25, -0.2) is 0 Å². The number of hydrogen-bond acceptors (Lipinski definition) is 2. The number of rotatable bonds is 3. The van der Waals surface area contributed by atoms with Gasteiger partial charge in [-0.2, -0.15) is 0 Å². The maximum Gasteiger partial charge on any atom is 0.253 e. The maximum atomic E-state index is 12.3. The number of carbonyl (C=O) groups is 1. The van der Waals surface area contributed by atoms with Crippen molar-refractivity contribution in [1.29, 1.82) is 0 Å². The van der Waals surface area contributed by atoms with Crippen molar-refractivity contribution in [3.63, 3.8) is 0 Å². The highest BCUT2D eigenvalue weighted by Gasteiger charge is 2.23. The molecule has 3 rings (SSSR count). The summed E-state index contributed by atoms with van der Waals surface area (Å²) in [6.07, 6.45) is 4.06. The van der Waals surface area contributed by atoms with Crippen LogP contribution in [0.1, 0.15) is 60.0 Å². The first-order chi connectivity index (χ1) is 11.0. The van der Waals surface area contributed by atoms with Crippen LogP contribution in [0.2, 0.25) is 0 Å². The van der Waals surface area contributed by atoms with Crippen LogP contribution in [0, 0.1) is 0 Å². The second kappa shape index (κ2) is 6.36. The average molecular weight is 314 g/mol. The SMILES string of the molecule is CNC(=O)c1cn(C)c2c(C3CCOCC3)cc(C(C)C)cc12. The van der Waals surface area contributed by atoms with Crippen molar-refractivity contribution < 1.29 is 9.53 Å². The minimum absolute atomic E-state index is 0.0190. The van der Waals surface area contributed by atoms with Gasteiger partial charge < -0.3 is 14.6 Å². The van der Waals surface area contributed by atoms with Gasteiger partial charge in [-0.1, -0.05) is 19.9 Å². The van der Waals surface area contributed by atoms with E-state index in [0.29, 0.717) is 11.8 Å². The minimum Gasteiger partial charge on any atom is -0.381 e. The number of hydrogen-bond donors (Lipinski definition) is 1. The van der Waals surface area contributed by atoms with Crippen molar-refractivity contribution in [2.24, 2.45) is 7.05 Å². The number of amides is 1. The zero-order chi connectivity index (χ0) is 16.6. The molecule has 0 atom stereocenters. The van der Waals surface area contributed by atoms with Crippen LogP contribution in [0.15, 0.2) is 18.3 Å². The van der Waals surface area contributed by atoms with E-state index in [-0.39, 0.29) is 5.91 Å². The third-order valence-corrected chi connectivity index (χ3v) is 4.93. The van der Waals surface area contributed by atoms with E-state index in [0.717, 1.165) is 37.0 Å². The molecule has 0 unspecified atom stereocenters. The number of benzene rings is 1. The number of ether oxygens (including phenoxy) is 1. The number of aromatic nitrogens is 1. The molecule has 0 saturated carbocycles. The standard InChI is InChI=1S/C19H26N2O2/c1-12(2)14-9-15(13-5-7-23-8-6-13)18-16(10-14)17(11-21(18)4)19(22)20-3/h9-13H,5-8H2,1-4H3,(H,20,22). The summed E-state index contributed by atoms with van der Waals surface area (Å²) in [6.45, 7) is 6.06. The van der Waals surface area contributed by atoms with Crippen LogP contribution in [0.25, 0.3) is 10.9 Å². The summed E-state index contributed by atoms with van der Waals surface area (Å²) in [5.41, 5.74) is 4.63. The van der Waals surface area contributed by atoms with Crippen molar-refractivity contribution in [3.05, 3.63) is 35.0 Å². The zero-order valence-corrected chi connectivity index (χ0v) is 14.5. The number of nitrogens with one attached hydrogen (secondary N) is 1. The van der Waals surface area contributed by atoms with E-state index in [1.807, 2.05) is 13.2 Å². The van der Waals surface area contributed by atoms with Gasteiger partial charge >= 0.3 is 0 Å². The normalized spacial score (nSPS) is 16.2. The summed E-state index contributed by atoms with van der Waals surface area (Å²) < 4.78 is 7.64. The van der Waals surface area contributed by atoms with Crippen LogP contribution in [0.3, 0.4) is 0 Å². The molecule has 0 aliphatic carbocycles. The van der Waals surface area contributed by atoms with Crippen molar-refractivity contribution >= 4 is 16.8 Å². The van der Waals surface area contributed by atoms with E-state index in [4.69, 9.17) is 4.74 Å². The molecule has 1 N–H and O–H groups in total. The van der Waals surface area contributed by atoms with Crippen molar-refractivity contribution in [2.75, 3.05) is 20.3 Å². The second-order valence-corrected chi connectivity index (χ2v) is 6.78. The fourth-order valence-electron chi connectivity index (χ4n) is 3.58. The molecule has 2 heterocycles. The average Bonchev–Trinajstić information content (AvgIpc) is 2.91. The highest BCUT2D eigenvalue weighted by atomic mass is 16.5. The number of carbonyl (C=O) groups excluding carboxylic acids is 1. The van der Waals surface area contributed by atoms with Crippen molar-refractivity contribution in [3.8, 4) is 0 Å². The quantitative estimate of drug-likeness (QED) is 0.941. The van der Waals surface area contributed by atoms with Gasteiger partial charge in [0.1, 0.15) is 0 Å². The zero-order valence-electron chi connectivity index (χ0n) is 14.5. The molecule has 2 aromatic rings. The first-order valence-electron chi connectivity index (χ1n) is 8.45. The van der Waals surface area contributed by atoms with Crippen molar-refractivity contribution in [2.45, 2.75) is 38.5 Å². The molecule has 1 saturated heterocycles. The summed E-state index contributed by atoms with van der Waals surface area (Å²) in [7, 11) is 3.72. The first-order valence-corrected chi connectivity index (χ1v) is 8.45. The Morgan fingerprint density at radius 3 is 2.61 bits per heavy atom. The molecule has 0 spiro atoms. The van der Waals surface area contributed by atoms with Crippen molar-refractivity contribution in [1.82, 2.24) is 9.88 Å². The summed E-state index contributed by atoms with van der Waals surface area (Å²) in [5, 5.41) is 3.83. The van der Waals surface area contributed by atoms with Gasteiger partial charge in [0.2, 0.25) is 0 Å². The van der Waals surface area contributed by atoms with Crippen LogP contribution in [-0.2, 0) is 11.8 Å². The topological polar surface area (TPSA) is 43.3 Å².